The van der Waals surface area contributed by atoms with Crippen LogP contribution in [0.3, 0.4) is 0 Å². The van der Waals surface area contributed by atoms with E-state index in [4.69, 9.17) is 4.74 Å². The lowest BCUT2D eigenvalue weighted by atomic mass is 10.4. The molecule has 4 nitrogen and oxygen atoms in total. The molecule has 0 atom stereocenters. The first kappa shape index (κ1) is 10.8. The second-order valence-corrected chi connectivity index (χ2v) is 3.42. The standard InChI is InChI=1S/C10H16N2O2/c1-8(2)12-6-10(13)14-7-9-3-4-11-5-9/h3-5,8,11-12H,6-7H2,1-2H3. The second kappa shape index (κ2) is 5.44. The quantitative estimate of drug-likeness (QED) is 0.692. The minimum absolute atomic E-state index is 0.222. The minimum Gasteiger partial charge on any atom is -0.460 e. The Morgan fingerprint density at radius 3 is 3.00 bits per heavy atom. The van der Waals surface area contributed by atoms with Crippen LogP contribution < -0.4 is 5.32 Å². The smallest absolute Gasteiger partial charge is 0.320 e. The largest absolute Gasteiger partial charge is 0.460 e. The van der Waals surface area contributed by atoms with Crippen LogP contribution in [0.1, 0.15) is 19.4 Å². The Labute approximate surface area is 83.7 Å². The number of hydrogen-bond donors (Lipinski definition) is 2. The molecule has 0 spiro atoms. The summed E-state index contributed by atoms with van der Waals surface area (Å²) < 4.78 is 5.02. The third-order valence-corrected chi connectivity index (χ3v) is 1.72. The van der Waals surface area contributed by atoms with Crippen molar-refractivity contribution < 1.29 is 9.53 Å². The van der Waals surface area contributed by atoms with Crippen molar-refractivity contribution in [2.75, 3.05) is 6.54 Å². The Kier molecular flexibility index (Phi) is 4.19. The molecule has 0 aromatic carbocycles. The monoisotopic (exact) mass is 196 g/mol. The lowest BCUT2D eigenvalue weighted by Gasteiger charge is -2.07. The summed E-state index contributed by atoms with van der Waals surface area (Å²) in [4.78, 5) is 14.0. The van der Waals surface area contributed by atoms with Crippen LogP contribution in [0.25, 0.3) is 0 Å². The number of rotatable bonds is 5. The molecule has 0 saturated carbocycles. The highest BCUT2D eigenvalue weighted by Crippen LogP contribution is 1.98. The van der Waals surface area contributed by atoms with Gasteiger partial charge in [-0.1, -0.05) is 13.8 Å². The molecule has 0 unspecified atom stereocenters. The van der Waals surface area contributed by atoms with Gasteiger partial charge in [-0.2, -0.15) is 0 Å². The molecule has 1 aromatic heterocycles. The summed E-state index contributed by atoms with van der Waals surface area (Å²) in [6.07, 6.45) is 3.61. The molecule has 0 amide bonds. The van der Waals surface area contributed by atoms with E-state index in [0.29, 0.717) is 12.6 Å². The van der Waals surface area contributed by atoms with E-state index >= 15 is 0 Å². The predicted molar refractivity (Wildman–Crippen MR) is 53.7 cm³/mol. The van der Waals surface area contributed by atoms with Crippen LogP contribution >= 0.6 is 0 Å². The van der Waals surface area contributed by atoms with Gasteiger partial charge in [0.25, 0.3) is 0 Å². The summed E-state index contributed by atoms with van der Waals surface area (Å²) in [5, 5.41) is 2.99. The van der Waals surface area contributed by atoms with Gasteiger partial charge in [-0.3, -0.25) is 4.79 Å². The van der Waals surface area contributed by atoms with Crippen LogP contribution in [0.4, 0.5) is 0 Å². The topological polar surface area (TPSA) is 54.1 Å². The minimum atomic E-state index is -0.222. The number of carbonyl (C=O) groups excluding carboxylic acids is 1. The molecule has 1 aromatic rings. The zero-order valence-electron chi connectivity index (χ0n) is 8.54. The first-order valence-electron chi connectivity index (χ1n) is 4.69. The van der Waals surface area contributed by atoms with Gasteiger partial charge in [0.05, 0.1) is 6.54 Å². The molecule has 0 saturated heterocycles. The summed E-state index contributed by atoms with van der Waals surface area (Å²) >= 11 is 0. The normalized spacial score (nSPS) is 10.5. The van der Waals surface area contributed by atoms with Gasteiger partial charge in [-0.15, -0.1) is 0 Å². The molecular weight excluding hydrogens is 180 g/mol. The summed E-state index contributed by atoms with van der Waals surface area (Å²) in [6, 6.07) is 2.18. The molecule has 2 N–H and O–H groups in total. The molecule has 0 fully saturated rings. The van der Waals surface area contributed by atoms with Gasteiger partial charge in [0.1, 0.15) is 6.61 Å². The number of aromatic amines is 1. The highest BCUT2D eigenvalue weighted by atomic mass is 16.5. The Bertz CT molecular complexity index is 268. The van der Waals surface area contributed by atoms with E-state index in [1.54, 1.807) is 6.20 Å². The molecule has 14 heavy (non-hydrogen) atoms. The number of aromatic nitrogens is 1. The summed E-state index contributed by atoms with van der Waals surface area (Å²) in [7, 11) is 0. The first-order chi connectivity index (χ1) is 6.68. The van der Waals surface area contributed by atoms with Gasteiger partial charge in [-0.05, 0) is 6.07 Å². The molecule has 1 heterocycles. The van der Waals surface area contributed by atoms with Crippen molar-refractivity contribution in [3.05, 3.63) is 24.0 Å². The molecule has 0 aliphatic carbocycles. The summed E-state index contributed by atoms with van der Waals surface area (Å²) in [5.41, 5.74) is 0.975. The lowest BCUT2D eigenvalue weighted by molar-refractivity contribution is -0.143. The number of H-pyrrole nitrogens is 1. The number of nitrogens with one attached hydrogen (secondary N) is 2. The van der Waals surface area contributed by atoms with Crippen LogP contribution in [-0.4, -0.2) is 23.5 Å². The Balaban J connectivity index is 2.15. The molecule has 0 bridgehead atoms. The average molecular weight is 196 g/mol. The summed E-state index contributed by atoms with van der Waals surface area (Å²) in [5.74, 6) is -0.222. The van der Waals surface area contributed by atoms with Crippen molar-refractivity contribution in [2.45, 2.75) is 26.5 Å². The van der Waals surface area contributed by atoms with Gasteiger partial charge in [0, 0.05) is 24.0 Å². The molecular formula is C10H16N2O2. The van der Waals surface area contributed by atoms with E-state index in [9.17, 15) is 4.79 Å². The predicted octanol–water partition coefficient (Wildman–Crippen LogP) is 1.06. The Morgan fingerprint density at radius 1 is 1.64 bits per heavy atom. The van der Waals surface area contributed by atoms with Gasteiger partial charge in [0.2, 0.25) is 0 Å². The second-order valence-electron chi connectivity index (χ2n) is 3.42. The molecule has 4 heteroatoms. The Morgan fingerprint density at radius 2 is 2.43 bits per heavy atom. The zero-order chi connectivity index (χ0) is 10.4. The van der Waals surface area contributed by atoms with Crippen LogP contribution in [0.15, 0.2) is 18.5 Å². The highest BCUT2D eigenvalue weighted by Gasteiger charge is 2.03. The van der Waals surface area contributed by atoms with Crippen LogP contribution in [0, 0.1) is 0 Å². The van der Waals surface area contributed by atoms with Crippen molar-refractivity contribution in [3.8, 4) is 0 Å². The van der Waals surface area contributed by atoms with Crippen LogP contribution in [0.5, 0.6) is 0 Å². The average Bonchev–Trinajstić information content (AvgIpc) is 2.63. The van der Waals surface area contributed by atoms with E-state index < -0.39 is 0 Å². The van der Waals surface area contributed by atoms with E-state index in [0.717, 1.165) is 5.56 Å². The number of esters is 1. The van der Waals surface area contributed by atoms with Crippen molar-refractivity contribution in [1.29, 1.82) is 0 Å². The van der Waals surface area contributed by atoms with Crippen LogP contribution in [-0.2, 0) is 16.1 Å². The third kappa shape index (κ3) is 4.09. The molecule has 78 valence electrons. The maximum atomic E-state index is 11.1. The fourth-order valence-electron chi connectivity index (χ4n) is 0.951. The number of hydrogen-bond acceptors (Lipinski definition) is 3. The number of carbonyl (C=O) groups is 1. The fraction of sp³-hybridized carbons (Fsp3) is 0.500. The maximum absolute atomic E-state index is 11.1. The summed E-state index contributed by atoms with van der Waals surface area (Å²) in [6.45, 7) is 4.57. The first-order valence-corrected chi connectivity index (χ1v) is 4.69. The van der Waals surface area contributed by atoms with Gasteiger partial charge >= 0.3 is 5.97 Å². The van der Waals surface area contributed by atoms with Crippen molar-refractivity contribution in [1.82, 2.24) is 10.3 Å². The van der Waals surface area contributed by atoms with Crippen molar-refractivity contribution >= 4 is 5.97 Å². The SMILES string of the molecule is CC(C)NCC(=O)OCc1cc[nH]c1. The lowest BCUT2D eigenvalue weighted by Crippen LogP contribution is -2.30. The third-order valence-electron chi connectivity index (χ3n) is 1.72. The van der Waals surface area contributed by atoms with Crippen LogP contribution in [0.2, 0.25) is 0 Å². The van der Waals surface area contributed by atoms with E-state index in [1.165, 1.54) is 0 Å². The van der Waals surface area contributed by atoms with Gasteiger partial charge < -0.3 is 15.0 Å². The van der Waals surface area contributed by atoms with Gasteiger partial charge in [0.15, 0.2) is 0 Å². The van der Waals surface area contributed by atoms with Crippen molar-refractivity contribution in [3.63, 3.8) is 0 Å². The Hall–Kier alpha value is -1.29. The van der Waals surface area contributed by atoms with E-state index in [1.807, 2.05) is 26.1 Å². The fourth-order valence-corrected chi connectivity index (χ4v) is 0.951. The zero-order valence-corrected chi connectivity index (χ0v) is 8.54. The van der Waals surface area contributed by atoms with E-state index in [2.05, 4.69) is 10.3 Å². The van der Waals surface area contributed by atoms with Crippen molar-refractivity contribution in [2.24, 2.45) is 0 Å². The van der Waals surface area contributed by atoms with Gasteiger partial charge in [-0.25, -0.2) is 0 Å². The maximum Gasteiger partial charge on any atom is 0.320 e. The molecule has 0 radical (unpaired) electrons. The molecule has 0 aliphatic rings. The molecule has 0 aliphatic heterocycles. The molecule has 1 rings (SSSR count). The highest BCUT2D eigenvalue weighted by molar-refractivity contribution is 5.71. The van der Waals surface area contributed by atoms with E-state index in [-0.39, 0.29) is 12.5 Å². The number of ether oxygens (including phenoxy) is 1.